The van der Waals surface area contributed by atoms with Crippen molar-refractivity contribution in [3.63, 3.8) is 0 Å². The zero-order valence-corrected chi connectivity index (χ0v) is 12.2. The van der Waals surface area contributed by atoms with Gasteiger partial charge in [-0.1, -0.05) is 0 Å². The Morgan fingerprint density at radius 3 is 2.45 bits per heavy atom. The lowest BCUT2D eigenvalue weighted by atomic mass is 10.1. The number of aromatic nitrogens is 2. The van der Waals surface area contributed by atoms with Gasteiger partial charge < -0.3 is 10.2 Å². The number of hydrogen-bond donors (Lipinski definition) is 1. The van der Waals surface area contributed by atoms with Crippen LogP contribution in [-0.4, -0.2) is 29.6 Å². The summed E-state index contributed by atoms with van der Waals surface area (Å²) >= 11 is 0. The first-order chi connectivity index (χ1) is 10.7. The normalized spacial score (nSPS) is 14.4. The number of anilines is 2. The molecule has 1 N–H and O–H groups in total. The molecule has 0 saturated carbocycles. The molecule has 1 saturated heterocycles. The average Bonchev–Trinajstić information content (AvgIpc) is 3.01. The van der Waals surface area contributed by atoms with Crippen molar-refractivity contribution in [2.45, 2.75) is 19.3 Å². The average molecular weight is 304 g/mol. The Hall–Kier alpha value is -2.24. The first-order valence-corrected chi connectivity index (χ1v) is 7.46. The van der Waals surface area contributed by atoms with Crippen molar-refractivity contribution in [1.82, 2.24) is 9.97 Å². The quantitative estimate of drug-likeness (QED) is 0.922. The first-order valence-electron chi connectivity index (χ1n) is 7.46. The van der Waals surface area contributed by atoms with Gasteiger partial charge in [0.05, 0.1) is 0 Å². The van der Waals surface area contributed by atoms with E-state index in [0.29, 0.717) is 18.5 Å². The maximum atomic E-state index is 13.1. The van der Waals surface area contributed by atoms with Gasteiger partial charge in [0, 0.05) is 31.8 Å². The van der Waals surface area contributed by atoms with Crippen molar-refractivity contribution in [2.24, 2.45) is 0 Å². The standard InChI is InChI=1S/C16H18F2N4/c17-13-7-12(8-14(18)9-13)3-4-19-15-10-16(21-11-20-15)22-5-1-2-6-22/h7-11H,1-6H2,(H,19,20,21). The Morgan fingerprint density at radius 1 is 1.00 bits per heavy atom. The Kier molecular flexibility index (Phi) is 4.46. The molecule has 1 fully saturated rings. The lowest BCUT2D eigenvalue weighted by Gasteiger charge is -2.16. The predicted molar refractivity (Wildman–Crippen MR) is 82.0 cm³/mol. The molecule has 6 heteroatoms. The van der Waals surface area contributed by atoms with Gasteiger partial charge in [-0.25, -0.2) is 18.7 Å². The van der Waals surface area contributed by atoms with Gasteiger partial charge in [0.25, 0.3) is 0 Å². The highest BCUT2D eigenvalue weighted by Crippen LogP contribution is 2.19. The van der Waals surface area contributed by atoms with E-state index in [9.17, 15) is 8.78 Å². The van der Waals surface area contributed by atoms with Crippen molar-refractivity contribution in [3.8, 4) is 0 Å². The summed E-state index contributed by atoms with van der Waals surface area (Å²) in [5, 5.41) is 3.17. The molecule has 0 amide bonds. The SMILES string of the molecule is Fc1cc(F)cc(CCNc2cc(N3CCCC3)ncn2)c1. The van der Waals surface area contributed by atoms with E-state index in [1.807, 2.05) is 6.07 Å². The summed E-state index contributed by atoms with van der Waals surface area (Å²) in [4.78, 5) is 10.7. The van der Waals surface area contributed by atoms with Crippen molar-refractivity contribution in [1.29, 1.82) is 0 Å². The molecule has 3 rings (SSSR count). The van der Waals surface area contributed by atoms with Crippen LogP contribution in [0.1, 0.15) is 18.4 Å². The van der Waals surface area contributed by atoms with E-state index in [1.54, 1.807) is 0 Å². The second kappa shape index (κ2) is 6.68. The van der Waals surface area contributed by atoms with E-state index < -0.39 is 11.6 Å². The molecule has 0 radical (unpaired) electrons. The summed E-state index contributed by atoms with van der Waals surface area (Å²) in [6.07, 6.45) is 4.45. The smallest absolute Gasteiger partial charge is 0.134 e. The molecular weight excluding hydrogens is 286 g/mol. The molecule has 116 valence electrons. The summed E-state index contributed by atoms with van der Waals surface area (Å²) < 4.78 is 26.2. The van der Waals surface area contributed by atoms with Crippen LogP contribution in [0, 0.1) is 11.6 Å². The van der Waals surface area contributed by atoms with E-state index in [4.69, 9.17) is 0 Å². The second-order valence-electron chi connectivity index (χ2n) is 5.41. The van der Waals surface area contributed by atoms with Gasteiger partial charge in [-0.05, 0) is 37.0 Å². The van der Waals surface area contributed by atoms with Crippen molar-refractivity contribution in [3.05, 3.63) is 47.8 Å². The van der Waals surface area contributed by atoms with Crippen LogP contribution in [0.4, 0.5) is 20.4 Å². The highest BCUT2D eigenvalue weighted by molar-refractivity contribution is 5.48. The van der Waals surface area contributed by atoms with Crippen molar-refractivity contribution >= 4 is 11.6 Å². The fourth-order valence-electron chi connectivity index (χ4n) is 2.65. The number of halogens is 2. The third kappa shape index (κ3) is 3.69. The number of nitrogens with zero attached hydrogens (tertiary/aromatic N) is 3. The largest absolute Gasteiger partial charge is 0.370 e. The van der Waals surface area contributed by atoms with Crippen LogP contribution in [0.3, 0.4) is 0 Å². The van der Waals surface area contributed by atoms with Crippen LogP contribution < -0.4 is 10.2 Å². The minimum Gasteiger partial charge on any atom is -0.370 e. The lowest BCUT2D eigenvalue weighted by Crippen LogP contribution is -2.19. The van der Waals surface area contributed by atoms with E-state index in [2.05, 4.69) is 20.2 Å². The van der Waals surface area contributed by atoms with Gasteiger partial charge >= 0.3 is 0 Å². The molecule has 0 bridgehead atoms. The van der Waals surface area contributed by atoms with E-state index in [0.717, 1.165) is 30.8 Å². The molecule has 22 heavy (non-hydrogen) atoms. The molecule has 1 aliphatic rings. The Labute approximate surface area is 128 Å². The highest BCUT2D eigenvalue weighted by atomic mass is 19.1. The number of nitrogens with one attached hydrogen (secondary N) is 1. The minimum absolute atomic E-state index is 0.526. The highest BCUT2D eigenvalue weighted by Gasteiger charge is 2.13. The summed E-state index contributed by atoms with van der Waals surface area (Å²) in [6.45, 7) is 2.61. The van der Waals surface area contributed by atoms with Crippen LogP contribution in [0.25, 0.3) is 0 Å². The molecule has 1 aromatic carbocycles. The van der Waals surface area contributed by atoms with E-state index >= 15 is 0 Å². The maximum absolute atomic E-state index is 13.1. The predicted octanol–water partition coefficient (Wildman–Crippen LogP) is 3.01. The van der Waals surface area contributed by atoms with Gasteiger partial charge in [-0.3, -0.25) is 0 Å². The van der Waals surface area contributed by atoms with Gasteiger partial charge in [0.2, 0.25) is 0 Å². The summed E-state index contributed by atoms with van der Waals surface area (Å²) in [7, 11) is 0. The van der Waals surface area contributed by atoms with Crippen molar-refractivity contribution < 1.29 is 8.78 Å². The molecular formula is C16H18F2N4. The number of rotatable bonds is 5. The fourth-order valence-corrected chi connectivity index (χ4v) is 2.65. The lowest BCUT2D eigenvalue weighted by molar-refractivity contribution is 0.580. The summed E-state index contributed by atoms with van der Waals surface area (Å²) in [5.74, 6) is 0.558. The Balaban J connectivity index is 1.58. The van der Waals surface area contributed by atoms with Gasteiger partial charge in [-0.15, -0.1) is 0 Å². The second-order valence-corrected chi connectivity index (χ2v) is 5.41. The summed E-state index contributed by atoms with van der Waals surface area (Å²) in [5.41, 5.74) is 0.624. The third-order valence-electron chi connectivity index (χ3n) is 3.72. The number of benzene rings is 1. The summed E-state index contributed by atoms with van der Waals surface area (Å²) in [6, 6.07) is 5.49. The zero-order valence-electron chi connectivity index (χ0n) is 12.2. The molecule has 0 atom stereocenters. The molecule has 1 aliphatic heterocycles. The zero-order chi connectivity index (χ0) is 15.4. The maximum Gasteiger partial charge on any atom is 0.134 e. The van der Waals surface area contributed by atoms with Crippen LogP contribution in [0.2, 0.25) is 0 Å². The van der Waals surface area contributed by atoms with Crippen LogP contribution >= 0.6 is 0 Å². The Morgan fingerprint density at radius 2 is 1.73 bits per heavy atom. The van der Waals surface area contributed by atoms with E-state index in [-0.39, 0.29) is 0 Å². The molecule has 1 aromatic heterocycles. The topological polar surface area (TPSA) is 41.0 Å². The van der Waals surface area contributed by atoms with Gasteiger partial charge in [-0.2, -0.15) is 0 Å². The number of hydrogen-bond acceptors (Lipinski definition) is 4. The molecule has 4 nitrogen and oxygen atoms in total. The molecule has 2 aromatic rings. The van der Waals surface area contributed by atoms with Gasteiger partial charge in [0.15, 0.2) is 0 Å². The van der Waals surface area contributed by atoms with Crippen LogP contribution in [-0.2, 0) is 6.42 Å². The molecule has 0 unspecified atom stereocenters. The van der Waals surface area contributed by atoms with Crippen molar-refractivity contribution in [2.75, 3.05) is 29.9 Å². The first kappa shape index (κ1) is 14.7. The van der Waals surface area contributed by atoms with Crippen LogP contribution in [0.5, 0.6) is 0 Å². The Bertz CT molecular complexity index is 622. The molecule has 2 heterocycles. The van der Waals surface area contributed by atoms with Gasteiger partial charge in [0.1, 0.15) is 29.6 Å². The van der Waals surface area contributed by atoms with E-state index in [1.165, 1.54) is 31.3 Å². The minimum atomic E-state index is -0.548. The molecule has 0 spiro atoms. The monoisotopic (exact) mass is 304 g/mol. The molecule has 0 aliphatic carbocycles. The van der Waals surface area contributed by atoms with Crippen LogP contribution in [0.15, 0.2) is 30.6 Å². The third-order valence-corrected chi connectivity index (χ3v) is 3.72. The fraction of sp³-hybridized carbons (Fsp3) is 0.375.